The Bertz CT molecular complexity index is 1070. The summed E-state index contributed by atoms with van der Waals surface area (Å²) < 4.78 is 27.4. The molecule has 2 fully saturated rings. The Morgan fingerprint density at radius 1 is 0.735 bits per heavy atom. The number of anilines is 2. The van der Waals surface area contributed by atoms with E-state index in [9.17, 15) is 18.0 Å². The Kier molecular flexibility index (Phi) is 7.84. The van der Waals surface area contributed by atoms with Gasteiger partial charge in [-0.2, -0.15) is 4.31 Å². The Labute approximate surface area is 201 Å². The molecule has 182 valence electrons. The highest BCUT2D eigenvalue weighted by Gasteiger charge is 2.28. The fourth-order valence-corrected chi connectivity index (χ4v) is 5.97. The molecule has 0 unspecified atom stereocenters. The molecule has 0 aliphatic carbocycles. The van der Waals surface area contributed by atoms with Gasteiger partial charge < -0.3 is 15.5 Å². The van der Waals surface area contributed by atoms with Crippen molar-refractivity contribution < 1.29 is 18.0 Å². The third-order valence-corrected chi connectivity index (χ3v) is 8.42. The first kappa shape index (κ1) is 24.2. The third kappa shape index (κ3) is 5.95. The number of para-hydroxylation sites is 1. The topological polar surface area (TPSA) is 98.8 Å². The van der Waals surface area contributed by atoms with Crippen LogP contribution in [-0.4, -0.2) is 55.7 Å². The Morgan fingerprint density at radius 3 is 1.94 bits per heavy atom. The summed E-state index contributed by atoms with van der Waals surface area (Å²) in [6, 6.07) is 15.5. The maximum atomic E-state index is 12.9. The van der Waals surface area contributed by atoms with Gasteiger partial charge in [0.1, 0.15) is 0 Å². The average Bonchev–Trinajstić information content (AvgIpc) is 3.15. The molecule has 2 aliphatic heterocycles. The number of hydrogen-bond donors (Lipinski definition) is 2. The zero-order valence-electron chi connectivity index (χ0n) is 19.3. The van der Waals surface area contributed by atoms with Crippen LogP contribution in [0.5, 0.6) is 0 Å². The smallest absolute Gasteiger partial charge is 0.321 e. The number of likely N-dealkylation sites (tertiary alicyclic amines) is 1. The van der Waals surface area contributed by atoms with E-state index in [-0.39, 0.29) is 22.8 Å². The SMILES string of the molecule is O=C(Nc1ccc(S(=O)(=O)N2CCCCCC2)cc1)C1CCN(C(=O)Nc2ccccc2)CC1. The van der Waals surface area contributed by atoms with Crippen molar-refractivity contribution in [3.8, 4) is 0 Å². The lowest BCUT2D eigenvalue weighted by atomic mass is 9.96. The van der Waals surface area contributed by atoms with E-state index in [1.54, 1.807) is 33.5 Å². The van der Waals surface area contributed by atoms with E-state index in [2.05, 4.69) is 10.6 Å². The number of hydrogen-bond acceptors (Lipinski definition) is 4. The number of rotatable bonds is 5. The van der Waals surface area contributed by atoms with E-state index >= 15 is 0 Å². The number of nitrogens with zero attached hydrogens (tertiary/aromatic N) is 2. The molecule has 2 N–H and O–H groups in total. The van der Waals surface area contributed by atoms with Crippen molar-refractivity contribution in [1.29, 1.82) is 0 Å². The minimum Gasteiger partial charge on any atom is -0.326 e. The number of piperidine rings is 1. The van der Waals surface area contributed by atoms with Gasteiger partial charge in [-0.25, -0.2) is 13.2 Å². The molecule has 3 amide bonds. The molecule has 2 heterocycles. The molecule has 2 aromatic rings. The zero-order chi connectivity index (χ0) is 24.0. The van der Waals surface area contributed by atoms with Crippen LogP contribution in [0.25, 0.3) is 0 Å². The highest BCUT2D eigenvalue weighted by atomic mass is 32.2. The summed E-state index contributed by atoms with van der Waals surface area (Å²) >= 11 is 0. The van der Waals surface area contributed by atoms with Gasteiger partial charge in [0.05, 0.1) is 4.90 Å². The molecule has 2 saturated heterocycles. The van der Waals surface area contributed by atoms with Crippen molar-refractivity contribution in [1.82, 2.24) is 9.21 Å². The number of benzene rings is 2. The summed E-state index contributed by atoms with van der Waals surface area (Å²) in [4.78, 5) is 27.2. The molecule has 8 nitrogen and oxygen atoms in total. The molecular weight excluding hydrogens is 452 g/mol. The molecule has 0 spiro atoms. The molecule has 2 aromatic carbocycles. The molecular formula is C25H32N4O4S. The Balaban J connectivity index is 1.28. The summed E-state index contributed by atoms with van der Waals surface area (Å²) in [5, 5.41) is 5.77. The van der Waals surface area contributed by atoms with Gasteiger partial charge in [0, 0.05) is 43.5 Å². The van der Waals surface area contributed by atoms with Gasteiger partial charge in [-0.05, 0) is 62.1 Å². The van der Waals surface area contributed by atoms with Gasteiger partial charge >= 0.3 is 6.03 Å². The fraction of sp³-hybridized carbons (Fsp3) is 0.440. The maximum Gasteiger partial charge on any atom is 0.321 e. The van der Waals surface area contributed by atoms with E-state index in [0.717, 1.165) is 31.4 Å². The number of urea groups is 1. The van der Waals surface area contributed by atoms with E-state index in [1.807, 2.05) is 30.3 Å². The average molecular weight is 485 g/mol. The summed E-state index contributed by atoms with van der Waals surface area (Å²) in [6.45, 7) is 2.12. The van der Waals surface area contributed by atoms with E-state index < -0.39 is 10.0 Å². The van der Waals surface area contributed by atoms with Crippen molar-refractivity contribution in [2.45, 2.75) is 43.4 Å². The second-order valence-corrected chi connectivity index (χ2v) is 10.8. The molecule has 34 heavy (non-hydrogen) atoms. The molecule has 0 bridgehead atoms. The molecule has 0 saturated carbocycles. The highest BCUT2D eigenvalue weighted by Crippen LogP contribution is 2.24. The number of carbonyl (C=O) groups is 2. The number of amides is 3. The van der Waals surface area contributed by atoms with Crippen molar-refractivity contribution >= 4 is 33.3 Å². The maximum absolute atomic E-state index is 12.9. The highest BCUT2D eigenvalue weighted by molar-refractivity contribution is 7.89. The van der Waals surface area contributed by atoms with Gasteiger partial charge in [0.15, 0.2) is 0 Å². The van der Waals surface area contributed by atoms with Gasteiger partial charge in [-0.15, -0.1) is 0 Å². The summed E-state index contributed by atoms with van der Waals surface area (Å²) in [5.74, 6) is -0.299. The van der Waals surface area contributed by atoms with Crippen molar-refractivity contribution in [3.63, 3.8) is 0 Å². The third-order valence-electron chi connectivity index (χ3n) is 6.50. The monoisotopic (exact) mass is 484 g/mol. The first-order chi connectivity index (χ1) is 16.4. The van der Waals surface area contributed by atoms with Gasteiger partial charge in [0.2, 0.25) is 15.9 Å². The quantitative estimate of drug-likeness (QED) is 0.667. The molecule has 0 aromatic heterocycles. The molecule has 9 heteroatoms. The summed E-state index contributed by atoms with van der Waals surface area (Å²) in [5.41, 5.74) is 1.32. The van der Waals surface area contributed by atoms with Gasteiger partial charge in [-0.1, -0.05) is 31.0 Å². The molecule has 2 aliphatic rings. The fourth-order valence-electron chi connectivity index (χ4n) is 4.45. The summed E-state index contributed by atoms with van der Waals surface area (Å²) in [7, 11) is -3.51. The lowest BCUT2D eigenvalue weighted by Gasteiger charge is -2.31. The van der Waals surface area contributed by atoms with Crippen molar-refractivity contribution in [2.75, 3.05) is 36.8 Å². The van der Waals surface area contributed by atoms with Crippen molar-refractivity contribution in [3.05, 3.63) is 54.6 Å². The van der Waals surface area contributed by atoms with Crippen LogP contribution < -0.4 is 10.6 Å². The minimum absolute atomic E-state index is 0.105. The van der Waals surface area contributed by atoms with Crippen LogP contribution in [0.3, 0.4) is 0 Å². The lowest BCUT2D eigenvalue weighted by molar-refractivity contribution is -0.121. The van der Waals surface area contributed by atoms with Crippen LogP contribution in [-0.2, 0) is 14.8 Å². The van der Waals surface area contributed by atoms with Crippen LogP contribution in [0, 0.1) is 5.92 Å². The lowest BCUT2D eigenvalue weighted by Crippen LogP contribution is -2.43. The predicted octanol–water partition coefficient (Wildman–Crippen LogP) is 4.13. The number of sulfonamides is 1. The van der Waals surface area contributed by atoms with E-state index in [4.69, 9.17) is 0 Å². The normalized spacial score (nSPS) is 18.2. The molecule has 4 rings (SSSR count). The second kappa shape index (κ2) is 11.0. The van der Waals surface area contributed by atoms with Crippen LogP contribution >= 0.6 is 0 Å². The molecule has 0 atom stereocenters. The standard InChI is InChI=1S/C25H32N4O4S/c30-24(20-14-18-28(19-15-20)25(31)27-21-8-4-3-5-9-21)26-22-10-12-23(13-11-22)34(32,33)29-16-6-1-2-7-17-29/h3-5,8-13,20H,1-2,6-7,14-19H2,(H,26,30)(H,27,31). The van der Waals surface area contributed by atoms with Crippen LogP contribution in [0.4, 0.5) is 16.2 Å². The Hall–Kier alpha value is -2.91. The Morgan fingerprint density at radius 2 is 1.32 bits per heavy atom. The van der Waals surface area contributed by atoms with Gasteiger partial charge in [0.25, 0.3) is 0 Å². The number of nitrogens with one attached hydrogen (secondary N) is 2. The van der Waals surface area contributed by atoms with Crippen molar-refractivity contribution in [2.24, 2.45) is 5.92 Å². The minimum atomic E-state index is -3.51. The summed E-state index contributed by atoms with van der Waals surface area (Å²) in [6.07, 6.45) is 5.06. The van der Waals surface area contributed by atoms with Crippen LogP contribution in [0.15, 0.2) is 59.5 Å². The van der Waals surface area contributed by atoms with Gasteiger partial charge in [-0.3, -0.25) is 4.79 Å². The van der Waals surface area contributed by atoms with E-state index in [1.165, 1.54) is 0 Å². The number of carbonyl (C=O) groups excluding carboxylic acids is 2. The second-order valence-electron chi connectivity index (χ2n) is 8.89. The van der Waals surface area contributed by atoms with E-state index in [0.29, 0.717) is 44.7 Å². The predicted molar refractivity (Wildman–Crippen MR) is 132 cm³/mol. The van der Waals surface area contributed by atoms with Crippen LogP contribution in [0.1, 0.15) is 38.5 Å². The first-order valence-corrected chi connectivity index (χ1v) is 13.4. The largest absolute Gasteiger partial charge is 0.326 e. The molecule has 0 radical (unpaired) electrons. The first-order valence-electron chi connectivity index (χ1n) is 12.0. The van der Waals surface area contributed by atoms with Crippen LogP contribution in [0.2, 0.25) is 0 Å². The zero-order valence-corrected chi connectivity index (χ0v) is 20.1.